The molecule has 1 heterocycles. The first kappa shape index (κ1) is 15.0. The molecular weight excluding hydrogens is 284 g/mol. The predicted octanol–water partition coefficient (Wildman–Crippen LogP) is 3.59. The summed E-state index contributed by atoms with van der Waals surface area (Å²) in [4.78, 5) is 2.70. The number of piperazine rings is 1. The molecule has 0 aromatic heterocycles. The Hall–Kier alpha value is -1.58. The van der Waals surface area contributed by atoms with Crippen molar-refractivity contribution in [1.82, 2.24) is 10.2 Å². The van der Waals surface area contributed by atoms with Crippen LogP contribution in [0.2, 0.25) is 0 Å². The second kappa shape index (κ2) is 6.50. The number of nitrogens with zero attached hydrogens (tertiary/aromatic N) is 1. The number of hydrogen-bond acceptors (Lipinski definition) is 3. The van der Waals surface area contributed by atoms with Gasteiger partial charge >= 0.3 is 0 Å². The van der Waals surface area contributed by atoms with Crippen LogP contribution >= 0.6 is 0 Å². The quantitative estimate of drug-likeness (QED) is 0.934. The zero-order chi connectivity index (χ0) is 15.6. The normalized spacial score (nSPS) is 21.1. The van der Waals surface area contributed by atoms with Gasteiger partial charge in [-0.05, 0) is 53.3 Å². The summed E-state index contributed by atoms with van der Waals surface area (Å²) in [5.74, 6) is 1.77. The van der Waals surface area contributed by atoms with Crippen LogP contribution in [0.4, 0.5) is 0 Å². The van der Waals surface area contributed by atoms with Crippen molar-refractivity contribution >= 4 is 10.8 Å². The van der Waals surface area contributed by atoms with Crippen molar-refractivity contribution in [3.05, 3.63) is 42.0 Å². The lowest BCUT2D eigenvalue weighted by Gasteiger charge is -2.43. The third kappa shape index (κ3) is 2.96. The molecule has 1 aliphatic heterocycles. The SMILES string of the molecule is COc1ccc2cc([C@@H](C3CCC3)N3CCNCC3)ccc2c1. The van der Waals surface area contributed by atoms with E-state index in [1.54, 1.807) is 7.11 Å². The van der Waals surface area contributed by atoms with Crippen LogP contribution < -0.4 is 10.1 Å². The van der Waals surface area contributed by atoms with Gasteiger partial charge in [0, 0.05) is 32.2 Å². The Morgan fingerprint density at radius 2 is 1.78 bits per heavy atom. The lowest BCUT2D eigenvalue weighted by molar-refractivity contribution is 0.0838. The summed E-state index contributed by atoms with van der Waals surface area (Å²) in [5.41, 5.74) is 1.49. The highest BCUT2D eigenvalue weighted by atomic mass is 16.5. The zero-order valence-corrected chi connectivity index (χ0v) is 13.9. The van der Waals surface area contributed by atoms with Crippen LogP contribution in [0.5, 0.6) is 5.75 Å². The van der Waals surface area contributed by atoms with Crippen LogP contribution in [-0.2, 0) is 0 Å². The predicted molar refractivity (Wildman–Crippen MR) is 95.0 cm³/mol. The third-order valence-electron chi connectivity index (χ3n) is 5.55. The number of hydrogen-bond donors (Lipinski definition) is 1. The van der Waals surface area contributed by atoms with Gasteiger partial charge in [-0.1, -0.05) is 24.6 Å². The van der Waals surface area contributed by atoms with E-state index in [1.807, 2.05) is 0 Å². The van der Waals surface area contributed by atoms with Crippen LogP contribution in [0, 0.1) is 5.92 Å². The number of fused-ring (bicyclic) bond motifs is 1. The molecule has 1 saturated heterocycles. The van der Waals surface area contributed by atoms with Crippen molar-refractivity contribution in [2.24, 2.45) is 5.92 Å². The maximum Gasteiger partial charge on any atom is 0.119 e. The molecule has 2 aromatic carbocycles. The Morgan fingerprint density at radius 1 is 1.04 bits per heavy atom. The van der Waals surface area contributed by atoms with Crippen molar-refractivity contribution in [2.75, 3.05) is 33.3 Å². The monoisotopic (exact) mass is 310 g/mol. The number of benzene rings is 2. The smallest absolute Gasteiger partial charge is 0.119 e. The lowest BCUT2D eigenvalue weighted by atomic mass is 9.76. The maximum atomic E-state index is 5.34. The molecule has 3 nitrogen and oxygen atoms in total. The minimum Gasteiger partial charge on any atom is -0.497 e. The average Bonchev–Trinajstić information content (AvgIpc) is 2.57. The molecule has 2 aliphatic rings. The number of rotatable bonds is 4. The fourth-order valence-corrected chi connectivity index (χ4v) is 4.05. The fourth-order valence-electron chi connectivity index (χ4n) is 4.05. The topological polar surface area (TPSA) is 24.5 Å². The van der Waals surface area contributed by atoms with E-state index in [0.29, 0.717) is 6.04 Å². The van der Waals surface area contributed by atoms with Crippen molar-refractivity contribution in [2.45, 2.75) is 25.3 Å². The van der Waals surface area contributed by atoms with Gasteiger partial charge in [-0.3, -0.25) is 4.90 Å². The second-order valence-electron chi connectivity index (χ2n) is 6.89. The average molecular weight is 310 g/mol. The van der Waals surface area contributed by atoms with Crippen LogP contribution in [0.25, 0.3) is 10.8 Å². The minimum atomic E-state index is 0.595. The van der Waals surface area contributed by atoms with E-state index in [9.17, 15) is 0 Å². The fraction of sp³-hybridized carbons (Fsp3) is 0.500. The van der Waals surface area contributed by atoms with Crippen LogP contribution in [0.1, 0.15) is 30.9 Å². The molecule has 1 saturated carbocycles. The molecule has 0 radical (unpaired) electrons. The number of nitrogens with one attached hydrogen (secondary N) is 1. The summed E-state index contributed by atoms with van der Waals surface area (Å²) >= 11 is 0. The molecule has 2 aromatic rings. The van der Waals surface area contributed by atoms with Gasteiger partial charge in [0.15, 0.2) is 0 Å². The van der Waals surface area contributed by atoms with Gasteiger partial charge in [0.2, 0.25) is 0 Å². The van der Waals surface area contributed by atoms with Crippen molar-refractivity contribution in [1.29, 1.82) is 0 Å². The lowest BCUT2D eigenvalue weighted by Crippen LogP contribution is -2.47. The molecular formula is C20H26N2O. The van der Waals surface area contributed by atoms with E-state index >= 15 is 0 Å². The summed E-state index contributed by atoms with van der Waals surface area (Å²) in [6.07, 6.45) is 4.17. The third-order valence-corrected chi connectivity index (χ3v) is 5.55. The van der Waals surface area contributed by atoms with Gasteiger partial charge in [0.25, 0.3) is 0 Å². The minimum absolute atomic E-state index is 0.595. The molecule has 122 valence electrons. The molecule has 1 aliphatic carbocycles. The molecule has 0 bridgehead atoms. The number of methoxy groups -OCH3 is 1. The molecule has 0 unspecified atom stereocenters. The van der Waals surface area contributed by atoms with Crippen LogP contribution in [0.3, 0.4) is 0 Å². The van der Waals surface area contributed by atoms with Gasteiger partial charge in [-0.25, -0.2) is 0 Å². The standard InChI is InChI=1S/C20H26N2O/c1-23-19-8-7-16-13-18(6-5-17(16)14-19)20(15-3-2-4-15)22-11-9-21-10-12-22/h5-8,13-15,20-21H,2-4,9-12H2,1H3/t20-/m1/s1. The molecule has 4 rings (SSSR count). The van der Waals surface area contributed by atoms with Gasteiger partial charge in [0.1, 0.15) is 5.75 Å². The highest BCUT2D eigenvalue weighted by Gasteiger charge is 2.33. The second-order valence-corrected chi connectivity index (χ2v) is 6.89. The van der Waals surface area contributed by atoms with Gasteiger partial charge in [-0.15, -0.1) is 0 Å². The Bertz CT molecular complexity index is 674. The largest absolute Gasteiger partial charge is 0.497 e. The molecule has 0 spiro atoms. The van der Waals surface area contributed by atoms with Crippen molar-refractivity contribution in [3.63, 3.8) is 0 Å². The molecule has 1 atom stereocenters. The van der Waals surface area contributed by atoms with E-state index in [-0.39, 0.29) is 0 Å². The molecule has 23 heavy (non-hydrogen) atoms. The summed E-state index contributed by atoms with van der Waals surface area (Å²) in [6, 6.07) is 14.0. The zero-order valence-electron chi connectivity index (χ0n) is 13.9. The van der Waals surface area contributed by atoms with E-state index in [4.69, 9.17) is 4.74 Å². The highest BCUT2D eigenvalue weighted by Crippen LogP contribution is 2.42. The molecule has 3 heteroatoms. The van der Waals surface area contributed by atoms with Crippen molar-refractivity contribution < 1.29 is 4.74 Å². The van der Waals surface area contributed by atoms with Crippen molar-refractivity contribution in [3.8, 4) is 5.75 Å². The highest BCUT2D eigenvalue weighted by molar-refractivity contribution is 5.84. The summed E-state index contributed by atoms with van der Waals surface area (Å²) in [6.45, 7) is 4.58. The van der Waals surface area contributed by atoms with E-state index in [1.165, 1.54) is 48.7 Å². The first-order valence-electron chi connectivity index (χ1n) is 8.87. The summed E-state index contributed by atoms with van der Waals surface area (Å²) < 4.78 is 5.34. The summed E-state index contributed by atoms with van der Waals surface area (Å²) in [7, 11) is 1.73. The van der Waals surface area contributed by atoms with E-state index in [2.05, 4.69) is 46.6 Å². The van der Waals surface area contributed by atoms with Gasteiger partial charge in [0.05, 0.1) is 7.11 Å². The summed E-state index contributed by atoms with van der Waals surface area (Å²) in [5, 5.41) is 6.07. The van der Waals surface area contributed by atoms with Gasteiger partial charge in [-0.2, -0.15) is 0 Å². The molecule has 2 fully saturated rings. The Morgan fingerprint density at radius 3 is 2.48 bits per heavy atom. The number of ether oxygens (including phenoxy) is 1. The Kier molecular flexibility index (Phi) is 4.23. The maximum absolute atomic E-state index is 5.34. The first-order chi connectivity index (χ1) is 11.3. The Labute approximate surface area is 138 Å². The Balaban J connectivity index is 1.68. The molecule has 0 amide bonds. The van der Waals surface area contributed by atoms with E-state index in [0.717, 1.165) is 24.8 Å². The van der Waals surface area contributed by atoms with Gasteiger partial charge < -0.3 is 10.1 Å². The van der Waals surface area contributed by atoms with Crippen LogP contribution in [0.15, 0.2) is 36.4 Å². The van der Waals surface area contributed by atoms with E-state index < -0.39 is 0 Å². The van der Waals surface area contributed by atoms with Crippen LogP contribution in [-0.4, -0.2) is 38.2 Å². The first-order valence-corrected chi connectivity index (χ1v) is 8.87. The molecule has 1 N–H and O–H groups in total.